The Kier molecular flexibility index (Phi) is 3.94. The molecule has 0 aliphatic rings. The van der Waals surface area contributed by atoms with Crippen molar-refractivity contribution in [2.75, 3.05) is 17.6 Å². The molecule has 0 radical (unpaired) electrons. The van der Waals surface area contributed by atoms with Crippen molar-refractivity contribution in [2.24, 2.45) is 0 Å². The zero-order valence-corrected chi connectivity index (χ0v) is 10.7. The molecular weight excluding hydrogens is 275 g/mol. The third-order valence-electron chi connectivity index (χ3n) is 2.43. The maximum absolute atomic E-state index is 12.6. The number of rotatable bonds is 4. The normalized spacial score (nSPS) is 11.5. The first-order valence-electron chi connectivity index (χ1n) is 5.56. The number of halogens is 3. The summed E-state index contributed by atoms with van der Waals surface area (Å²) in [6.45, 7) is 0.508. The number of thiophene rings is 1. The van der Waals surface area contributed by atoms with Crippen LogP contribution in [0.25, 0.3) is 0 Å². The summed E-state index contributed by atoms with van der Waals surface area (Å²) in [6, 6.07) is 5.69. The summed E-state index contributed by atoms with van der Waals surface area (Å²) >= 11 is 1.60. The number of aromatic nitrogens is 1. The largest absolute Gasteiger partial charge is 0.416 e. The fraction of sp³-hybridized carbons (Fsp3) is 0.250. The van der Waals surface area contributed by atoms with Crippen LogP contribution >= 0.6 is 11.3 Å². The molecule has 0 fully saturated rings. The summed E-state index contributed by atoms with van der Waals surface area (Å²) < 4.78 is 37.8. The summed E-state index contributed by atoms with van der Waals surface area (Å²) in [4.78, 5) is 5.00. The van der Waals surface area contributed by atoms with Gasteiger partial charge in [-0.1, -0.05) is 6.07 Å². The third-order valence-corrected chi connectivity index (χ3v) is 3.37. The molecule has 2 rings (SSSR count). The predicted molar refractivity (Wildman–Crippen MR) is 70.2 cm³/mol. The number of nitrogens with zero attached hydrogens (tertiary/aromatic N) is 1. The van der Waals surface area contributed by atoms with E-state index in [4.69, 9.17) is 5.73 Å². The van der Waals surface area contributed by atoms with E-state index < -0.39 is 11.7 Å². The van der Waals surface area contributed by atoms with E-state index in [0.29, 0.717) is 6.54 Å². The Morgan fingerprint density at radius 3 is 2.74 bits per heavy atom. The molecular formula is C12H12F3N3S. The Morgan fingerprint density at radius 1 is 1.32 bits per heavy atom. The first kappa shape index (κ1) is 13.7. The van der Waals surface area contributed by atoms with Gasteiger partial charge in [-0.3, -0.25) is 0 Å². The molecule has 0 aromatic carbocycles. The Balaban J connectivity index is 2.02. The van der Waals surface area contributed by atoms with E-state index in [-0.39, 0.29) is 11.6 Å². The highest BCUT2D eigenvalue weighted by molar-refractivity contribution is 7.09. The fourth-order valence-electron chi connectivity index (χ4n) is 1.57. The number of nitrogens with two attached hydrogens (primary N) is 1. The van der Waals surface area contributed by atoms with Crippen LogP contribution in [-0.2, 0) is 12.6 Å². The number of anilines is 2. The molecule has 0 spiro atoms. The molecule has 19 heavy (non-hydrogen) atoms. The SMILES string of the molecule is Nc1cc(C(F)(F)F)cc(NCCc2cccs2)n1. The second-order valence-electron chi connectivity index (χ2n) is 3.92. The summed E-state index contributed by atoms with van der Waals surface area (Å²) in [5.41, 5.74) is 4.58. The van der Waals surface area contributed by atoms with Crippen LogP contribution in [0.5, 0.6) is 0 Å². The average molecular weight is 287 g/mol. The van der Waals surface area contributed by atoms with Crippen LogP contribution in [0, 0.1) is 0 Å². The smallest absolute Gasteiger partial charge is 0.384 e. The van der Waals surface area contributed by atoms with Gasteiger partial charge in [0.05, 0.1) is 5.56 Å². The molecule has 2 aromatic rings. The van der Waals surface area contributed by atoms with Crippen LogP contribution < -0.4 is 11.1 Å². The second-order valence-corrected chi connectivity index (χ2v) is 4.95. The third kappa shape index (κ3) is 3.85. The minimum Gasteiger partial charge on any atom is -0.384 e. The zero-order valence-electron chi connectivity index (χ0n) is 9.87. The van der Waals surface area contributed by atoms with Crippen molar-refractivity contribution < 1.29 is 13.2 Å². The molecule has 0 saturated heterocycles. The fourth-order valence-corrected chi connectivity index (χ4v) is 2.28. The van der Waals surface area contributed by atoms with Gasteiger partial charge in [-0.05, 0) is 30.0 Å². The standard InChI is InChI=1S/C12H12F3N3S/c13-12(14,15)8-6-10(16)18-11(7-8)17-4-3-9-2-1-5-19-9/h1-2,5-7H,3-4H2,(H3,16,17,18). The Labute approximate surface area is 112 Å². The summed E-state index contributed by atoms with van der Waals surface area (Å²) in [5.74, 6) is -0.00247. The second kappa shape index (κ2) is 5.48. The Bertz CT molecular complexity index is 538. The van der Waals surface area contributed by atoms with Crippen molar-refractivity contribution in [1.82, 2.24) is 4.98 Å². The minimum absolute atomic E-state index is 0.142. The lowest BCUT2D eigenvalue weighted by Crippen LogP contribution is -2.11. The molecule has 2 aromatic heterocycles. The highest BCUT2D eigenvalue weighted by Gasteiger charge is 2.31. The van der Waals surface area contributed by atoms with Gasteiger partial charge in [0.2, 0.25) is 0 Å². The lowest BCUT2D eigenvalue weighted by Gasteiger charge is -2.10. The first-order chi connectivity index (χ1) is 8.95. The van der Waals surface area contributed by atoms with E-state index in [1.165, 1.54) is 0 Å². The lowest BCUT2D eigenvalue weighted by molar-refractivity contribution is -0.137. The molecule has 3 nitrogen and oxygen atoms in total. The maximum atomic E-state index is 12.6. The molecule has 0 aliphatic carbocycles. The van der Waals surface area contributed by atoms with Crippen LogP contribution in [-0.4, -0.2) is 11.5 Å². The number of pyridine rings is 1. The Hall–Kier alpha value is -1.76. The van der Waals surface area contributed by atoms with Crippen LogP contribution in [0.3, 0.4) is 0 Å². The topological polar surface area (TPSA) is 50.9 Å². The van der Waals surface area contributed by atoms with Crippen molar-refractivity contribution in [3.05, 3.63) is 40.1 Å². The maximum Gasteiger partial charge on any atom is 0.416 e. The van der Waals surface area contributed by atoms with Crippen LogP contribution in [0.15, 0.2) is 29.6 Å². The van der Waals surface area contributed by atoms with Gasteiger partial charge < -0.3 is 11.1 Å². The van der Waals surface area contributed by atoms with Crippen molar-refractivity contribution in [1.29, 1.82) is 0 Å². The van der Waals surface area contributed by atoms with Gasteiger partial charge in [-0.2, -0.15) is 13.2 Å². The molecule has 0 aliphatic heterocycles. The number of nitrogen functional groups attached to an aromatic ring is 1. The summed E-state index contributed by atoms with van der Waals surface area (Å²) in [6.07, 6.45) is -3.68. The number of hydrogen-bond acceptors (Lipinski definition) is 4. The van der Waals surface area contributed by atoms with Crippen molar-refractivity contribution in [3.8, 4) is 0 Å². The van der Waals surface area contributed by atoms with Gasteiger partial charge in [0.15, 0.2) is 0 Å². The van der Waals surface area contributed by atoms with E-state index in [0.717, 1.165) is 23.4 Å². The molecule has 3 N–H and O–H groups in total. The van der Waals surface area contributed by atoms with Gasteiger partial charge in [-0.25, -0.2) is 4.98 Å². The van der Waals surface area contributed by atoms with Crippen molar-refractivity contribution >= 4 is 23.0 Å². The molecule has 0 saturated carbocycles. The van der Waals surface area contributed by atoms with E-state index in [1.54, 1.807) is 11.3 Å². The molecule has 0 atom stereocenters. The van der Waals surface area contributed by atoms with Gasteiger partial charge in [-0.15, -0.1) is 11.3 Å². The molecule has 2 heterocycles. The van der Waals surface area contributed by atoms with Gasteiger partial charge in [0, 0.05) is 11.4 Å². The monoisotopic (exact) mass is 287 g/mol. The summed E-state index contributed by atoms with van der Waals surface area (Å²) in [7, 11) is 0. The zero-order chi connectivity index (χ0) is 13.9. The predicted octanol–water partition coefficient (Wildman–Crippen LogP) is 3.40. The van der Waals surface area contributed by atoms with Crippen LogP contribution in [0.4, 0.5) is 24.8 Å². The number of alkyl halides is 3. The number of hydrogen-bond donors (Lipinski definition) is 2. The summed E-state index contributed by atoms with van der Waals surface area (Å²) in [5, 5.41) is 4.81. The van der Waals surface area contributed by atoms with Crippen LogP contribution in [0.1, 0.15) is 10.4 Å². The first-order valence-corrected chi connectivity index (χ1v) is 6.44. The molecule has 0 unspecified atom stereocenters. The van der Waals surface area contributed by atoms with E-state index in [9.17, 15) is 13.2 Å². The van der Waals surface area contributed by atoms with Crippen LogP contribution in [0.2, 0.25) is 0 Å². The van der Waals surface area contributed by atoms with E-state index in [1.807, 2.05) is 17.5 Å². The molecule has 0 amide bonds. The molecule has 102 valence electrons. The minimum atomic E-state index is -4.42. The lowest BCUT2D eigenvalue weighted by atomic mass is 10.2. The highest BCUT2D eigenvalue weighted by atomic mass is 32.1. The van der Waals surface area contributed by atoms with Gasteiger partial charge in [0.1, 0.15) is 11.6 Å². The number of nitrogens with one attached hydrogen (secondary N) is 1. The van der Waals surface area contributed by atoms with E-state index >= 15 is 0 Å². The van der Waals surface area contributed by atoms with Gasteiger partial charge in [0.25, 0.3) is 0 Å². The average Bonchev–Trinajstić information content (AvgIpc) is 2.80. The Morgan fingerprint density at radius 2 is 2.11 bits per heavy atom. The quantitative estimate of drug-likeness (QED) is 0.906. The van der Waals surface area contributed by atoms with Crippen molar-refractivity contribution in [3.63, 3.8) is 0 Å². The molecule has 7 heteroatoms. The van der Waals surface area contributed by atoms with Gasteiger partial charge >= 0.3 is 6.18 Å². The highest BCUT2D eigenvalue weighted by Crippen LogP contribution is 2.31. The van der Waals surface area contributed by atoms with Crippen molar-refractivity contribution in [2.45, 2.75) is 12.6 Å². The molecule has 0 bridgehead atoms. The van der Waals surface area contributed by atoms with E-state index in [2.05, 4.69) is 10.3 Å².